The number of aromatic nitrogens is 1. The number of hydrogen-bond donors (Lipinski definition) is 0. The Morgan fingerprint density at radius 2 is 1.20 bits per heavy atom. The molecular formula is C20H16BrNO2S. The second kappa shape index (κ2) is 6.91. The average molecular weight is 414 g/mol. The van der Waals surface area contributed by atoms with E-state index in [0.29, 0.717) is 11.4 Å². The fourth-order valence-electron chi connectivity index (χ4n) is 2.53. The lowest BCUT2D eigenvalue weighted by molar-refractivity contribution is 0.585. The number of benzene rings is 2. The molecule has 3 rings (SSSR count). The Labute approximate surface area is 156 Å². The molecule has 0 saturated heterocycles. The van der Waals surface area contributed by atoms with Gasteiger partial charge >= 0.3 is 0 Å². The minimum Gasteiger partial charge on any atom is -0.243 e. The molecule has 25 heavy (non-hydrogen) atoms. The largest absolute Gasteiger partial charge is 0.268 e. The summed E-state index contributed by atoms with van der Waals surface area (Å²) in [6.07, 6.45) is 0. The van der Waals surface area contributed by atoms with Crippen molar-refractivity contribution in [2.24, 2.45) is 0 Å². The SMILES string of the molecule is Cc1ccc(C)n1S(=O)(=O)c1ccc(C#Cc2ccc(Br)cc2)cc1. The highest BCUT2D eigenvalue weighted by molar-refractivity contribution is 9.10. The van der Waals surface area contributed by atoms with E-state index >= 15 is 0 Å². The van der Waals surface area contributed by atoms with Gasteiger partial charge in [0.1, 0.15) is 0 Å². The third-order valence-corrected chi connectivity index (χ3v) is 6.25. The second-order valence-corrected chi connectivity index (χ2v) is 8.37. The van der Waals surface area contributed by atoms with Crippen LogP contribution in [-0.2, 0) is 10.0 Å². The Balaban J connectivity index is 1.89. The molecular weight excluding hydrogens is 398 g/mol. The van der Waals surface area contributed by atoms with Gasteiger partial charge in [0, 0.05) is 27.0 Å². The first-order chi connectivity index (χ1) is 11.9. The first-order valence-electron chi connectivity index (χ1n) is 7.66. The summed E-state index contributed by atoms with van der Waals surface area (Å²) in [6, 6.07) is 18.0. The van der Waals surface area contributed by atoms with Crippen LogP contribution >= 0.6 is 15.9 Å². The Bertz CT molecular complexity index is 1050. The minimum atomic E-state index is -3.58. The van der Waals surface area contributed by atoms with Crippen LogP contribution in [0.4, 0.5) is 0 Å². The Kier molecular flexibility index (Phi) is 4.85. The molecule has 1 aromatic heterocycles. The quantitative estimate of drug-likeness (QED) is 0.579. The van der Waals surface area contributed by atoms with Gasteiger partial charge in [0.05, 0.1) is 4.90 Å². The van der Waals surface area contributed by atoms with Crippen LogP contribution in [0.5, 0.6) is 0 Å². The fraction of sp³-hybridized carbons (Fsp3) is 0.100. The van der Waals surface area contributed by atoms with Gasteiger partial charge < -0.3 is 0 Å². The summed E-state index contributed by atoms with van der Waals surface area (Å²) >= 11 is 3.39. The lowest BCUT2D eigenvalue weighted by Gasteiger charge is -2.10. The molecule has 2 aromatic carbocycles. The van der Waals surface area contributed by atoms with Gasteiger partial charge in [-0.1, -0.05) is 27.8 Å². The zero-order valence-corrected chi connectivity index (χ0v) is 16.2. The summed E-state index contributed by atoms with van der Waals surface area (Å²) in [5, 5.41) is 0. The topological polar surface area (TPSA) is 39.1 Å². The fourth-order valence-corrected chi connectivity index (χ4v) is 4.36. The number of aryl methyl sites for hydroxylation is 2. The van der Waals surface area contributed by atoms with Crippen molar-refractivity contribution in [1.29, 1.82) is 0 Å². The molecule has 3 aromatic rings. The third-order valence-electron chi connectivity index (χ3n) is 3.79. The molecule has 0 aliphatic heterocycles. The van der Waals surface area contributed by atoms with E-state index in [2.05, 4.69) is 27.8 Å². The molecule has 0 saturated carbocycles. The molecule has 126 valence electrons. The molecule has 0 aliphatic rings. The first-order valence-corrected chi connectivity index (χ1v) is 9.89. The van der Waals surface area contributed by atoms with Crippen LogP contribution in [0.1, 0.15) is 22.5 Å². The van der Waals surface area contributed by atoms with Crippen molar-refractivity contribution in [2.75, 3.05) is 0 Å². The molecule has 3 nitrogen and oxygen atoms in total. The highest BCUT2D eigenvalue weighted by atomic mass is 79.9. The highest BCUT2D eigenvalue weighted by Gasteiger charge is 2.19. The molecule has 0 spiro atoms. The summed E-state index contributed by atoms with van der Waals surface area (Å²) in [7, 11) is -3.58. The van der Waals surface area contributed by atoms with E-state index in [-0.39, 0.29) is 4.90 Å². The van der Waals surface area contributed by atoms with E-state index in [9.17, 15) is 8.42 Å². The standard InChI is InChI=1S/C20H16BrNO2S/c1-15-3-4-16(2)22(15)25(23,24)20-13-9-18(10-14-20)6-5-17-7-11-19(21)12-8-17/h3-4,7-14H,1-2H3. The van der Waals surface area contributed by atoms with Crippen LogP contribution in [0.2, 0.25) is 0 Å². The lowest BCUT2D eigenvalue weighted by Crippen LogP contribution is -2.15. The van der Waals surface area contributed by atoms with Gasteiger partial charge in [0.15, 0.2) is 0 Å². The van der Waals surface area contributed by atoms with Gasteiger partial charge in [0.25, 0.3) is 10.0 Å². The van der Waals surface area contributed by atoms with E-state index in [1.807, 2.05) is 24.3 Å². The summed E-state index contributed by atoms with van der Waals surface area (Å²) in [4.78, 5) is 0.254. The van der Waals surface area contributed by atoms with Gasteiger partial charge in [-0.3, -0.25) is 0 Å². The van der Waals surface area contributed by atoms with E-state index in [0.717, 1.165) is 15.6 Å². The van der Waals surface area contributed by atoms with Crippen LogP contribution in [-0.4, -0.2) is 12.4 Å². The molecule has 5 heteroatoms. The smallest absolute Gasteiger partial charge is 0.243 e. The van der Waals surface area contributed by atoms with Crippen LogP contribution in [0.3, 0.4) is 0 Å². The van der Waals surface area contributed by atoms with Crippen molar-refractivity contribution in [3.8, 4) is 11.8 Å². The van der Waals surface area contributed by atoms with E-state index < -0.39 is 10.0 Å². The van der Waals surface area contributed by atoms with Gasteiger partial charge in [-0.05, 0) is 74.5 Å². The predicted octanol–water partition coefficient (Wildman–Crippen LogP) is 4.50. The molecule has 0 radical (unpaired) electrons. The predicted molar refractivity (Wildman–Crippen MR) is 103 cm³/mol. The van der Waals surface area contributed by atoms with E-state index in [4.69, 9.17) is 0 Å². The maximum absolute atomic E-state index is 12.8. The third kappa shape index (κ3) is 3.71. The molecule has 0 unspecified atom stereocenters. The summed E-state index contributed by atoms with van der Waals surface area (Å²) < 4.78 is 27.9. The number of halogens is 1. The van der Waals surface area contributed by atoms with E-state index in [1.165, 1.54) is 3.97 Å². The summed E-state index contributed by atoms with van der Waals surface area (Å²) in [6.45, 7) is 3.56. The Hall–Kier alpha value is -2.29. The molecule has 0 aliphatic carbocycles. The molecule has 0 N–H and O–H groups in total. The summed E-state index contributed by atoms with van der Waals surface area (Å²) in [5.74, 6) is 6.12. The van der Waals surface area contributed by atoms with Gasteiger partial charge in [-0.25, -0.2) is 12.4 Å². The van der Waals surface area contributed by atoms with Crippen LogP contribution in [0.25, 0.3) is 0 Å². The first kappa shape index (κ1) is 17.5. The highest BCUT2D eigenvalue weighted by Crippen LogP contribution is 2.19. The number of rotatable bonds is 2. The molecule has 1 heterocycles. The normalized spacial score (nSPS) is 11.0. The van der Waals surface area contributed by atoms with Gasteiger partial charge in [-0.15, -0.1) is 0 Å². The zero-order valence-electron chi connectivity index (χ0n) is 13.8. The zero-order chi connectivity index (χ0) is 18.0. The summed E-state index contributed by atoms with van der Waals surface area (Å²) in [5.41, 5.74) is 3.05. The van der Waals surface area contributed by atoms with Crippen LogP contribution in [0, 0.1) is 25.7 Å². The number of hydrogen-bond acceptors (Lipinski definition) is 2. The van der Waals surface area contributed by atoms with Gasteiger partial charge in [-0.2, -0.15) is 0 Å². The molecule has 0 fully saturated rings. The Morgan fingerprint density at radius 1 is 0.760 bits per heavy atom. The van der Waals surface area contributed by atoms with Crippen molar-refractivity contribution in [2.45, 2.75) is 18.7 Å². The molecule has 0 atom stereocenters. The maximum Gasteiger partial charge on any atom is 0.268 e. The van der Waals surface area contributed by atoms with Gasteiger partial charge in [0.2, 0.25) is 0 Å². The molecule has 0 amide bonds. The monoisotopic (exact) mass is 413 g/mol. The maximum atomic E-state index is 12.8. The van der Waals surface area contributed by atoms with Crippen LogP contribution in [0.15, 0.2) is 70.0 Å². The number of nitrogens with zero attached hydrogens (tertiary/aromatic N) is 1. The lowest BCUT2D eigenvalue weighted by atomic mass is 10.2. The van der Waals surface area contributed by atoms with Crippen molar-refractivity contribution < 1.29 is 8.42 Å². The Morgan fingerprint density at radius 3 is 1.68 bits per heavy atom. The minimum absolute atomic E-state index is 0.254. The molecule has 0 bridgehead atoms. The van der Waals surface area contributed by atoms with E-state index in [1.54, 1.807) is 50.2 Å². The van der Waals surface area contributed by atoms with Crippen molar-refractivity contribution in [3.05, 3.63) is 87.7 Å². The van der Waals surface area contributed by atoms with Crippen molar-refractivity contribution >= 4 is 26.0 Å². The van der Waals surface area contributed by atoms with Crippen LogP contribution < -0.4 is 0 Å². The van der Waals surface area contributed by atoms with Crippen molar-refractivity contribution in [1.82, 2.24) is 3.97 Å². The van der Waals surface area contributed by atoms with Crippen molar-refractivity contribution in [3.63, 3.8) is 0 Å². The average Bonchev–Trinajstić information content (AvgIpc) is 2.94. The second-order valence-electron chi connectivity index (χ2n) is 5.67.